The van der Waals surface area contributed by atoms with E-state index < -0.39 is 35.1 Å². The number of nitrogens with one attached hydrogen (secondary N) is 1. The summed E-state index contributed by atoms with van der Waals surface area (Å²) in [5, 5.41) is 2.96. The van der Waals surface area contributed by atoms with Gasteiger partial charge in [-0.15, -0.1) is 11.6 Å². The summed E-state index contributed by atoms with van der Waals surface area (Å²) in [6.07, 6.45) is 7.59. The van der Waals surface area contributed by atoms with Gasteiger partial charge in [-0.2, -0.15) is 0 Å². The second-order valence-electron chi connectivity index (χ2n) is 12.6. The van der Waals surface area contributed by atoms with E-state index in [9.17, 15) is 14.4 Å². The minimum Gasteiger partial charge on any atom is -0.465 e. The lowest BCUT2D eigenvalue weighted by Gasteiger charge is -2.52. The first-order valence-electron chi connectivity index (χ1n) is 15.2. The van der Waals surface area contributed by atoms with Crippen LogP contribution in [0.4, 0.5) is 0 Å². The second-order valence-corrected chi connectivity index (χ2v) is 13.1. The molecule has 0 aromatic heterocycles. The highest BCUT2D eigenvalue weighted by atomic mass is 35.5. The molecule has 9 heteroatoms. The molecule has 5 rings (SSSR count). The SMILES string of the molecule is CCCCOC(=O)C1CC(C2CCCCC2)C2C(=O)[C@@]3(OC4C(Cl)C(OC)CC(OC)C4C3=O)[C@H](C)CC2N1. The fourth-order valence-electron chi connectivity index (χ4n) is 8.52. The van der Waals surface area contributed by atoms with Crippen LogP contribution in [0, 0.1) is 29.6 Å². The summed E-state index contributed by atoms with van der Waals surface area (Å²) in [5.74, 6) is -1.52. The van der Waals surface area contributed by atoms with Crippen LogP contribution < -0.4 is 5.32 Å². The first kappa shape index (κ1) is 29.4. The number of ether oxygens (including phenoxy) is 4. The smallest absolute Gasteiger partial charge is 0.323 e. The Morgan fingerprint density at radius 3 is 2.38 bits per heavy atom. The molecule has 5 fully saturated rings. The van der Waals surface area contributed by atoms with Crippen molar-refractivity contribution >= 4 is 29.1 Å². The summed E-state index contributed by atoms with van der Waals surface area (Å²) < 4.78 is 23.6. The van der Waals surface area contributed by atoms with Crippen molar-refractivity contribution in [3.05, 3.63) is 0 Å². The van der Waals surface area contributed by atoms with Crippen molar-refractivity contribution < 1.29 is 33.3 Å². The molecular weight excluding hydrogens is 522 g/mol. The number of ketones is 2. The predicted molar refractivity (Wildman–Crippen MR) is 145 cm³/mol. The normalized spacial score (nSPS) is 44.7. The quantitative estimate of drug-likeness (QED) is 0.214. The number of esters is 1. The molecule has 2 saturated heterocycles. The zero-order valence-electron chi connectivity index (χ0n) is 23.9. The number of methoxy groups -OCH3 is 2. The molecule has 5 aliphatic rings. The lowest BCUT2D eigenvalue weighted by molar-refractivity contribution is -0.178. The maximum absolute atomic E-state index is 14.7. The lowest BCUT2D eigenvalue weighted by atomic mass is 9.56. The minimum absolute atomic E-state index is 0.00734. The zero-order valence-corrected chi connectivity index (χ0v) is 24.6. The van der Waals surface area contributed by atoms with Crippen LogP contribution in [0.2, 0.25) is 0 Å². The van der Waals surface area contributed by atoms with Gasteiger partial charge in [0.1, 0.15) is 6.04 Å². The van der Waals surface area contributed by atoms with E-state index in [0.717, 1.165) is 38.5 Å². The molecule has 0 aromatic rings. The van der Waals surface area contributed by atoms with E-state index in [0.29, 0.717) is 31.8 Å². The molecule has 3 aliphatic carbocycles. The van der Waals surface area contributed by atoms with Gasteiger partial charge in [-0.3, -0.25) is 14.4 Å². The lowest BCUT2D eigenvalue weighted by Crippen LogP contribution is -2.68. The van der Waals surface area contributed by atoms with E-state index in [1.54, 1.807) is 14.2 Å². The van der Waals surface area contributed by atoms with E-state index in [2.05, 4.69) is 12.2 Å². The maximum atomic E-state index is 14.7. The van der Waals surface area contributed by atoms with E-state index >= 15 is 0 Å². The number of hydrogen-bond acceptors (Lipinski definition) is 8. The Bertz CT molecular complexity index is 925. The minimum atomic E-state index is -1.54. The van der Waals surface area contributed by atoms with Crippen molar-refractivity contribution in [3.63, 3.8) is 0 Å². The highest BCUT2D eigenvalue weighted by Crippen LogP contribution is 2.54. The molecule has 1 spiro atoms. The van der Waals surface area contributed by atoms with Crippen LogP contribution in [0.1, 0.15) is 78.1 Å². The average molecular weight is 568 g/mol. The van der Waals surface area contributed by atoms with Crippen LogP contribution in [-0.2, 0) is 33.3 Å². The van der Waals surface area contributed by atoms with E-state index in [-0.39, 0.29) is 47.4 Å². The number of Topliss-reactive ketones (excluding diaryl/α,β-unsaturated/α-hetero) is 2. The number of carbonyl (C=O) groups excluding carboxylic acids is 3. The predicted octanol–water partition coefficient (Wildman–Crippen LogP) is 3.85. The summed E-state index contributed by atoms with van der Waals surface area (Å²) in [6, 6.07) is -0.627. The topological polar surface area (TPSA) is 100 Å². The van der Waals surface area contributed by atoms with Gasteiger partial charge in [0.15, 0.2) is 17.2 Å². The van der Waals surface area contributed by atoms with Gasteiger partial charge >= 0.3 is 5.97 Å². The fourth-order valence-corrected chi connectivity index (χ4v) is 8.93. The number of alkyl halides is 1. The Labute approximate surface area is 237 Å². The Hall–Kier alpha value is -1.06. The molecule has 0 amide bonds. The molecular formula is C30H46ClNO7. The van der Waals surface area contributed by atoms with E-state index in [1.165, 1.54) is 6.42 Å². The van der Waals surface area contributed by atoms with Gasteiger partial charge in [0.2, 0.25) is 0 Å². The summed E-state index contributed by atoms with van der Waals surface area (Å²) in [7, 11) is 3.19. The van der Waals surface area contributed by atoms with Crippen molar-refractivity contribution in [2.45, 2.75) is 119 Å². The Morgan fingerprint density at radius 1 is 1.03 bits per heavy atom. The second kappa shape index (κ2) is 12.0. The first-order chi connectivity index (χ1) is 18.8. The first-order valence-corrected chi connectivity index (χ1v) is 15.6. The zero-order chi connectivity index (χ0) is 27.9. The standard InChI is InChI=1S/C30H46ClNO7/c1-5-6-12-38-29(35)20-14-18(17-10-8-7-9-11-17)23-19(32-20)13-16(2)30(27(23)33)28(34)24-21(36-3)15-22(37-4)25(31)26(24)39-30/h16-26,32H,5-15H2,1-4H3/t16-,18?,19?,20?,21?,22?,23?,24?,25?,26?,30+/m1/s1. The van der Waals surface area contributed by atoms with E-state index in [1.807, 2.05) is 6.92 Å². The summed E-state index contributed by atoms with van der Waals surface area (Å²) in [6.45, 7) is 4.42. The van der Waals surface area contributed by atoms with Crippen LogP contribution in [0.15, 0.2) is 0 Å². The van der Waals surface area contributed by atoms with Crippen molar-refractivity contribution in [3.8, 4) is 0 Å². The van der Waals surface area contributed by atoms with Crippen LogP contribution in [0.3, 0.4) is 0 Å². The number of carbonyl (C=O) groups is 3. The van der Waals surface area contributed by atoms with Gasteiger partial charge < -0.3 is 24.3 Å². The monoisotopic (exact) mass is 567 g/mol. The molecule has 2 aliphatic heterocycles. The van der Waals surface area contributed by atoms with Gasteiger partial charge in [-0.25, -0.2) is 0 Å². The van der Waals surface area contributed by atoms with Crippen LogP contribution in [0.25, 0.3) is 0 Å². The number of rotatable bonds is 7. The number of fused-ring (bicyclic) bond motifs is 2. The van der Waals surface area contributed by atoms with Crippen molar-refractivity contribution in [1.82, 2.24) is 5.32 Å². The molecule has 8 nitrogen and oxygen atoms in total. The number of piperidine rings is 1. The van der Waals surface area contributed by atoms with Gasteiger partial charge in [0.05, 0.1) is 36.2 Å². The third kappa shape index (κ3) is 5.00. The summed E-state index contributed by atoms with van der Waals surface area (Å²) >= 11 is 6.83. The summed E-state index contributed by atoms with van der Waals surface area (Å²) in [4.78, 5) is 42.1. The largest absolute Gasteiger partial charge is 0.465 e. The molecule has 220 valence electrons. The van der Waals surface area contributed by atoms with Gasteiger partial charge in [0.25, 0.3) is 0 Å². The highest BCUT2D eigenvalue weighted by Gasteiger charge is 2.70. The average Bonchev–Trinajstić information content (AvgIpc) is 3.26. The number of unbranched alkanes of at least 4 members (excludes halogenated alkanes) is 1. The highest BCUT2D eigenvalue weighted by molar-refractivity contribution is 6.23. The molecule has 0 aromatic carbocycles. The van der Waals surface area contributed by atoms with Crippen LogP contribution >= 0.6 is 11.6 Å². The third-order valence-electron chi connectivity index (χ3n) is 10.6. The van der Waals surface area contributed by atoms with Gasteiger partial charge in [0, 0.05) is 38.5 Å². The Balaban J connectivity index is 1.46. The van der Waals surface area contributed by atoms with E-state index in [4.69, 9.17) is 30.5 Å². The molecule has 2 heterocycles. The molecule has 0 bridgehead atoms. The molecule has 9 unspecified atom stereocenters. The van der Waals surface area contributed by atoms with Gasteiger partial charge in [-0.1, -0.05) is 52.4 Å². The van der Waals surface area contributed by atoms with Crippen LogP contribution in [0.5, 0.6) is 0 Å². The molecule has 11 atom stereocenters. The Morgan fingerprint density at radius 2 is 1.72 bits per heavy atom. The van der Waals surface area contributed by atoms with Crippen molar-refractivity contribution in [2.24, 2.45) is 29.6 Å². The Kier molecular flexibility index (Phi) is 9.09. The van der Waals surface area contributed by atoms with Gasteiger partial charge in [-0.05, 0) is 31.1 Å². The molecule has 1 N–H and O–H groups in total. The maximum Gasteiger partial charge on any atom is 0.323 e. The number of hydrogen-bond donors (Lipinski definition) is 1. The van der Waals surface area contributed by atoms with Crippen molar-refractivity contribution in [1.29, 1.82) is 0 Å². The fraction of sp³-hybridized carbons (Fsp3) is 0.900. The van der Waals surface area contributed by atoms with Crippen LogP contribution in [-0.4, -0.2) is 79.7 Å². The molecule has 3 saturated carbocycles. The third-order valence-corrected chi connectivity index (χ3v) is 11.1. The molecule has 0 radical (unpaired) electrons. The molecule has 39 heavy (non-hydrogen) atoms. The van der Waals surface area contributed by atoms with Crippen molar-refractivity contribution in [2.75, 3.05) is 20.8 Å². The summed E-state index contributed by atoms with van der Waals surface area (Å²) in [5.41, 5.74) is -1.54. The number of halogens is 1.